The highest BCUT2D eigenvalue weighted by molar-refractivity contribution is 5.89. The van der Waals surface area contributed by atoms with Crippen LogP contribution in [0.1, 0.15) is 43.0 Å². The van der Waals surface area contributed by atoms with Crippen LogP contribution in [0.25, 0.3) is 0 Å². The van der Waals surface area contributed by atoms with E-state index in [4.69, 9.17) is 14.2 Å². The third kappa shape index (κ3) is 3.44. The van der Waals surface area contributed by atoms with Gasteiger partial charge >= 0.3 is 0 Å². The molecule has 2 atom stereocenters. The number of rotatable bonds is 5. The van der Waals surface area contributed by atoms with Gasteiger partial charge in [-0.15, -0.1) is 0 Å². The van der Waals surface area contributed by atoms with E-state index in [0.29, 0.717) is 19.4 Å². The first kappa shape index (κ1) is 20.0. The smallest absolute Gasteiger partial charge is 0.257 e. The Kier molecular flexibility index (Phi) is 5.04. The minimum Gasteiger partial charge on any atom is -0.378 e. The van der Waals surface area contributed by atoms with Gasteiger partial charge in [0.05, 0.1) is 43.9 Å². The van der Waals surface area contributed by atoms with E-state index in [9.17, 15) is 4.79 Å². The average Bonchev–Trinajstić information content (AvgIpc) is 3.36. The number of hydrogen-bond donors (Lipinski definition) is 0. The maximum absolute atomic E-state index is 13.3. The molecule has 0 N–H and O–H groups in total. The number of aromatic nitrogens is 3. The van der Waals surface area contributed by atoms with Crippen LogP contribution >= 0.6 is 0 Å². The summed E-state index contributed by atoms with van der Waals surface area (Å²) in [5.41, 5.74) is 1.14. The molecule has 9 nitrogen and oxygen atoms in total. The summed E-state index contributed by atoms with van der Waals surface area (Å²) in [6.07, 6.45) is 9.71. The fourth-order valence-electron chi connectivity index (χ4n) is 5.25. The monoisotopic (exact) mass is 437 g/mol. The van der Waals surface area contributed by atoms with Gasteiger partial charge in [-0.1, -0.05) is 6.07 Å². The zero-order chi connectivity index (χ0) is 21.5. The third-order valence-corrected chi connectivity index (χ3v) is 6.99. The summed E-state index contributed by atoms with van der Waals surface area (Å²) in [5.74, 6) is 1.05. The first-order valence-electron chi connectivity index (χ1n) is 11.4. The number of morpholine rings is 1. The molecule has 1 spiro atoms. The molecule has 2 aromatic heterocycles. The number of carbonyl (C=O) groups excluding carboxylic acids is 1. The van der Waals surface area contributed by atoms with Crippen molar-refractivity contribution in [2.45, 2.75) is 56.3 Å². The molecule has 1 saturated carbocycles. The van der Waals surface area contributed by atoms with E-state index >= 15 is 0 Å². The molecular formula is C23H27N5O4. The Morgan fingerprint density at radius 2 is 1.97 bits per heavy atom. The Bertz CT molecular complexity index is 960. The number of amides is 1. The lowest BCUT2D eigenvalue weighted by molar-refractivity contribution is -0.177. The molecule has 0 bridgehead atoms. The molecule has 1 unspecified atom stereocenters. The molecule has 4 aliphatic rings. The topological polar surface area (TPSA) is 89.9 Å². The van der Waals surface area contributed by atoms with Gasteiger partial charge in [0.15, 0.2) is 5.60 Å². The van der Waals surface area contributed by atoms with Crippen molar-refractivity contribution < 1.29 is 19.0 Å². The number of fused-ring (bicyclic) bond motifs is 1. The molecule has 1 amide bonds. The van der Waals surface area contributed by atoms with Crippen LogP contribution in [-0.4, -0.2) is 70.0 Å². The summed E-state index contributed by atoms with van der Waals surface area (Å²) in [6.45, 7) is 3.72. The molecule has 2 aromatic rings. The standard InChI is InChI=1S/C23H27N5O4/c29-22-23(32-21-4-2-19(28(21)22)18-14-24-5-6-25-18)11-17(12-23)31-15-16-1-3-20(26-13-16)27-7-9-30-10-8-27/h1,3,5-6,13-14,17,19,21H,2,4,7-12,15H2/t17?,19-,21?,23?/m0/s1. The lowest BCUT2D eigenvalue weighted by atomic mass is 9.76. The molecule has 0 radical (unpaired) electrons. The van der Waals surface area contributed by atoms with Gasteiger partial charge in [-0.2, -0.15) is 0 Å². The van der Waals surface area contributed by atoms with Crippen LogP contribution in [0.2, 0.25) is 0 Å². The van der Waals surface area contributed by atoms with Crippen molar-refractivity contribution in [2.24, 2.45) is 0 Å². The molecule has 1 aliphatic carbocycles. The first-order valence-corrected chi connectivity index (χ1v) is 11.4. The first-order chi connectivity index (χ1) is 15.7. The molecule has 32 heavy (non-hydrogen) atoms. The van der Waals surface area contributed by atoms with E-state index in [1.165, 1.54) is 0 Å². The predicted molar refractivity (Wildman–Crippen MR) is 114 cm³/mol. The maximum atomic E-state index is 13.3. The second-order valence-corrected chi connectivity index (χ2v) is 8.97. The van der Waals surface area contributed by atoms with Crippen molar-refractivity contribution in [2.75, 3.05) is 31.2 Å². The van der Waals surface area contributed by atoms with Crippen molar-refractivity contribution in [3.8, 4) is 0 Å². The predicted octanol–water partition coefficient (Wildman–Crippen LogP) is 1.85. The van der Waals surface area contributed by atoms with Gasteiger partial charge in [0.2, 0.25) is 0 Å². The largest absolute Gasteiger partial charge is 0.378 e. The van der Waals surface area contributed by atoms with E-state index in [2.05, 4.69) is 25.9 Å². The SMILES string of the molecule is O=C1N2C(CC[C@H]2c2cnccn2)OC12CC(OCc1ccc(N3CCOCC3)nc1)C2. The Hall–Kier alpha value is -2.62. The second kappa shape index (κ2) is 8.06. The van der Waals surface area contributed by atoms with E-state index in [1.807, 2.05) is 17.2 Å². The lowest BCUT2D eigenvalue weighted by Gasteiger charge is -2.42. The minimum absolute atomic E-state index is 0.0212. The van der Waals surface area contributed by atoms with Gasteiger partial charge in [0.1, 0.15) is 12.0 Å². The lowest BCUT2D eigenvalue weighted by Crippen LogP contribution is -2.54. The van der Waals surface area contributed by atoms with Crippen LogP contribution in [0.3, 0.4) is 0 Å². The number of pyridine rings is 1. The summed E-state index contributed by atoms with van der Waals surface area (Å²) in [6, 6.07) is 4.05. The molecular weight excluding hydrogens is 410 g/mol. The highest BCUT2D eigenvalue weighted by atomic mass is 16.6. The summed E-state index contributed by atoms with van der Waals surface area (Å²) in [4.78, 5) is 30.5. The molecule has 6 rings (SSSR count). The van der Waals surface area contributed by atoms with Gasteiger partial charge in [-0.05, 0) is 24.5 Å². The second-order valence-electron chi connectivity index (χ2n) is 8.97. The fraction of sp³-hybridized carbons (Fsp3) is 0.565. The van der Waals surface area contributed by atoms with Crippen molar-refractivity contribution in [1.82, 2.24) is 19.9 Å². The third-order valence-electron chi connectivity index (χ3n) is 6.99. The molecule has 3 aliphatic heterocycles. The molecule has 5 heterocycles. The quantitative estimate of drug-likeness (QED) is 0.700. The Labute approximate surface area is 186 Å². The Morgan fingerprint density at radius 1 is 1.09 bits per heavy atom. The fourth-order valence-corrected chi connectivity index (χ4v) is 5.25. The minimum atomic E-state index is -0.728. The highest BCUT2D eigenvalue weighted by Gasteiger charge is 2.63. The van der Waals surface area contributed by atoms with Crippen LogP contribution in [0.4, 0.5) is 5.82 Å². The Balaban J connectivity index is 1.03. The van der Waals surface area contributed by atoms with Crippen LogP contribution in [-0.2, 0) is 25.6 Å². The number of nitrogens with zero attached hydrogens (tertiary/aromatic N) is 5. The summed E-state index contributed by atoms with van der Waals surface area (Å²) in [5, 5.41) is 0. The maximum Gasteiger partial charge on any atom is 0.257 e. The van der Waals surface area contributed by atoms with Crippen LogP contribution in [0.5, 0.6) is 0 Å². The van der Waals surface area contributed by atoms with Crippen molar-refractivity contribution in [3.63, 3.8) is 0 Å². The van der Waals surface area contributed by atoms with E-state index in [1.54, 1.807) is 18.6 Å². The number of hydrogen-bond acceptors (Lipinski definition) is 8. The number of ether oxygens (including phenoxy) is 3. The van der Waals surface area contributed by atoms with Crippen molar-refractivity contribution >= 4 is 11.7 Å². The molecule has 3 saturated heterocycles. The van der Waals surface area contributed by atoms with Gasteiger partial charge in [-0.3, -0.25) is 14.8 Å². The van der Waals surface area contributed by atoms with Crippen molar-refractivity contribution in [3.05, 3.63) is 48.2 Å². The summed E-state index contributed by atoms with van der Waals surface area (Å²) in [7, 11) is 0. The van der Waals surface area contributed by atoms with Crippen LogP contribution in [0, 0.1) is 0 Å². The highest BCUT2D eigenvalue weighted by Crippen LogP contribution is 2.51. The Morgan fingerprint density at radius 3 is 2.72 bits per heavy atom. The summed E-state index contributed by atoms with van der Waals surface area (Å²) < 4.78 is 17.7. The molecule has 4 fully saturated rings. The van der Waals surface area contributed by atoms with Crippen LogP contribution < -0.4 is 4.90 Å². The zero-order valence-corrected chi connectivity index (χ0v) is 17.9. The van der Waals surface area contributed by atoms with Gasteiger partial charge in [0, 0.05) is 44.5 Å². The summed E-state index contributed by atoms with van der Waals surface area (Å²) >= 11 is 0. The van der Waals surface area contributed by atoms with E-state index in [0.717, 1.165) is 56.2 Å². The van der Waals surface area contributed by atoms with E-state index in [-0.39, 0.29) is 24.3 Å². The zero-order valence-electron chi connectivity index (χ0n) is 17.9. The van der Waals surface area contributed by atoms with Gasteiger partial charge in [0.25, 0.3) is 5.91 Å². The van der Waals surface area contributed by atoms with Gasteiger partial charge < -0.3 is 24.0 Å². The molecule has 168 valence electrons. The van der Waals surface area contributed by atoms with Crippen LogP contribution in [0.15, 0.2) is 36.9 Å². The van der Waals surface area contributed by atoms with E-state index < -0.39 is 5.60 Å². The number of anilines is 1. The number of carbonyl (C=O) groups is 1. The van der Waals surface area contributed by atoms with Gasteiger partial charge in [-0.25, -0.2) is 4.98 Å². The average molecular weight is 438 g/mol. The van der Waals surface area contributed by atoms with Crippen molar-refractivity contribution in [1.29, 1.82) is 0 Å². The molecule has 9 heteroatoms. The molecule has 0 aromatic carbocycles. The normalized spacial score (nSPS) is 31.8.